The van der Waals surface area contributed by atoms with Gasteiger partial charge >= 0.3 is 0 Å². The number of benzene rings is 1. The van der Waals surface area contributed by atoms with Gasteiger partial charge < -0.3 is 14.5 Å². The molecule has 1 atom stereocenters. The molecule has 4 rings (SSSR count). The third-order valence-electron chi connectivity index (χ3n) is 5.09. The highest BCUT2D eigenvalue weighted by Crippen LogP contribution is 2.15. The molecular weight excluding hydrogens is 403 g/mol. The predicted molar refractivity (Wildman–Crippen MR) is 109 cm³/mol. The van der Waals surface area contributed by atoms with Gasteiger partial charge in [0.1, 0.15) is 12.4 Å². The van der Waals surface area contributed by atoms with Crippen molar-refractivity contribution in [1.82, 2.24) is 29.4 Å². The van der Waals surface area contributed by atoms with Crippen LogP contribution in [0.5, 0.6) is 0 Å². The molecule has 1 saturated heterocycles. The van der Waals surface area contributed by atoms with Crippen molar-refractivity contribution in [2.75, 3.05) is 19.6 Å². The first-order valence-corrected chi connectivity index (χ1v) is 10.0. The molecule has 162 valence electrons. The van der Waals surface area contributed by atoms with E-state index in [1.54, 1.807) is 35.5 Å². The number of rotatable bonds is 5. The van der Waals surface area contributed by atoms with Gasteiger partial charge in [-0.05, 0) is 37.6 Å². The van der Waals surface area contributed by atoms with Crippen LogP contribution in [0.15, 0.2) is 42.7 Å². The largest absolute Gasteiger partial charge is 0.370 e. The zero-order valence-corrected chi connectivity index (χ0v) is 17.3. The van der Waals surface area contributed by atoms with Crippen LogP contribution in [-0.2, 0) is 16.1 Å². The summed E-state index contributed by atoms with van der Waals surface area (Å²) in [5.74, 6) is -0.666. The number of ether oxygens (including phenoxy) is 1. The van der Waals surface area contributed by atoms with E-state index in [4.69, 9.17) is 4.74 Å². The molecule has 0 spiro atoms. The molecule has 0 radical (unpaired) electrons. The van der Waals surface area contributed by atoms with Gasteiger partial charge in [-0.25, -0.2) is 13.9 Å². The lowest BCUT2D eigenvalue weighted by molar-refractivity contribution is -0.133. The maximum atomic E-state index is 13.1. The summed E-state index contributed by atoms with van der Waals surface area (Å²) < 4.78 is 20.6. The molecule has 1 aliphatic rings. The van der Waals surface area contributed by atoms with Crippen molar-refractivity contribution in [3.05, 3.63) is 59.9 Å². The van der Waals surface area contributed by atoms with Crippen molar-refractivity contribution in [1.29, 1.82) is 0 Å². The number of halogens is 1. The van der Waals surface area contributed by atoms with Crippen molar-refractivity contribution in [2.45, 2.75) is 32.6 Å². The molecule has 2 aromatic heterocycles. The SMILES string of the molecule is CC(C)N1CC(OCc2ccc(F)cc2)CN(C(=O)c2nc3ncccn3n2)CC1=O. The van der Waals surface area contributed by atoms with E-state index >= 15 is 0 Å². The summed E-state index contributed by atoms with van der Waals surface area (Å²) >= 11 is 0. The van der Waals surface area contributed by atoms with Crippen molar-refractivity contribution >= 4 is 17.6 Å². The first-order chi connectivity index (χ1) is 14.9. The van der Waals surface area contributed by atoms with Gasteiger partial charge in [-0.1, -0.05) is 12.1 Å². The van der Waals surface area contributed by atoms with Gasteiger partial charge in [0, 0.05) is 31.5 Å². The van der Waals surface area contributed by atoms with Gasteiger partial charge in [0.2, 0.25) is 11.7 Å². The zero-order chi connectivity index (χ0) is 22.0. The molecule has 1 unspecified atom stereocenters. The van der Waals surface area contributed by atoms with E-state index in [1.807, 2.05) is 13.8 Å². The molecule has 3 heterocycles. The number of aromatic nitrogens is 4. The molecule has 1 aliphatic heterocycles. The molecule has 0 saturated carbocycles. The van der Waals surface area contributed by atoms with E-state index in [2.05, 4.69) is 15.1 Å². The fraction of sp³-hybridized carbons (Fsp3) is 0.381. The van der Waals surface area contributed by atoms with E-state index < -0.39 is 12.0 Å². The van der Waals surface area contributed by atoms with E-state index in [9.17, 15) is 14.0 Å². The molecule has 1 fully saturated rings. The standard InChI is InChI=1S/C21H23FN6O3/c1-14(2)27-11-17(31-13-15-4-6-16(22)7-5-15)10-26(12-18(27)29)20(30)19-24-21-23-8-3-9-28(21)25-19/h3-9,14,17H,10-13H2,1-2H3. The van der Waals surface area contributed by atoms with Crippen LogP contribution in [0.2, 0.25) is 0 Å². The fourth-order valence-corrected chi connectivity index (χ4v) is 3.46. The minimum atomic E-state index is -0.458. The Balaban J connectivity index is 1.54. The first kappa shape index (κ1) is 20.9. The lowest BCUT2D eigenvalue weighted by Gasteiger charge is -2.27. The van der Waals surface area contributed by atoms with Crippen LogP contribution in [0, 0.1) is 5.82 Å². The summed E-state index contributed by atoms with van der Waals surface area (Å²) in [6.07, 6.45) is 2.79. The lowest BCUT2D eigenvalue weighted by atomic mass is 10.2. The average molecular weight is 426 g/mol. The van der Waals surface area contributed by atoms with Crippen molar-refractivity contribution in [3.8, 4) is 0 Å². The fourth-order valence-electron chi connectivity index (χ4n) is 3.46. The minimum Gasteiger partial charge on any atom is -0.370 e. The lowest BCUT2D eigenvalue weighted by Crippen LogP contribution is -2.42. The van der Waals surface area contributed by atoms with Gasteiger partial charge in [0.25, 0.3) is 11.7 Å². The highest BCUT2D eigenvalue weighted by molar-refractivity contribution is 5.94. The summed E-state index contributed by atoms with van der Waals surface area (Å²) in [7, 11) is 0. The quantitative estimate of drug-likeness (QED) is 0.615. The van der Waals surface area contributed by atoms with Crippen LogP contribution in [0.3, 0.4) is 0 Å². The van der Waals surface area contributed by atoms with Crippen LogP contribution in [-0.4, -0.2) is 73.0 Å². The summed E-state index contributed by atoms with van der Waals surface area (Å²) in [4.78, 5) is 37.3. The second-order valence-electron chi connectivity index (χ2n) is 7.68. The number of nitrogens with zero attached hydrogens (tertiary/aromatic N) is 6. The Labute approximate surface area is 178 Å². The summed E-state index contributed by atoms with van der Waals surface area (Å²) in [6.45, 7) is 4.54. The molecule has 1 aromatic carbocycles. The predicted octanol–water partition coefficient (Wildman–Crippen LogP) is 1.54. The molecule has 0 bridgehead atoms. The maximum Gasteiger partial charge on any atom is 0.294 e. The molecule has 0 N–H and O–H groups in total. The molecule has 31 heavy (non-hydrogen) atoms. The number of fused-ring (bicyclic) bond motifs is 1. The Morgan fingerprint density at radius 1 is 1.26 bits per heavy atom. The van der Waals surface area contributed by atoms with Gasteiger partial charge in [0.05, 0.1) is 12.7 Å². The van der Waals surface area contributed by atoms with Crippen LogP contribution >= 0.6 is 0 Å². The second kappa shape index (κ2) is 8.76. The normalized spacial score (nSPS) is 17.4. The summed E-state index contributed by atoms with van der Waals surface area (Å²) in [5, 5.41) is 4.18. The molecular formula is C21H23FN6O3. The van der Waals surface area contributed by atoms with Crippen LogP contribution < -0.4 is 0 Å². The third kappa shape index (κ3) is 4.69. The van der Waals surface area contributed by atoms with Crippen molar-refractivity contribution < 1.29 is 18.7 Å². The minimum absolute atomic E-state index is 0.0261. The number of amides is 2. The van der Waals surface area contributed by atoms with E-state index in [-0.39, 0.29) is 43.3 Å². The topological polar surface area (TPSA) is 92.9 Å². The first-order valence-electron chi connectivity index (χ1n) is 10.0. The maximum absolute atomic E-state index is 13.1. The Bertz CT molecular complexity index is 1050. The van der Waals surface area contributed by atoms with Crippen molar-refractivity contribution in [3.63, 3.8) is 0 Å². The van der Waals surface area contributed by atoms with E-state index in [0.29, 0.717) is 12.3 Å². The Hall–Kier alpha value is -3.40. The Morgan fingerprint density at radius 2 is 2.03 bits per heavy atom. The Morgan fingerprint density at radius 3 is 2.74 bits per heavy atom. The Kier molecular flexibility index (Phi) is 5.90. The van der Waals surface area contributed by atoms with Gasteiger partial charge in [-0.2, -0.15) is 4.98 Å². The van der Waals surface area contributed by atoms with Crippen LogP contribution in [0.1, 0.15) is 30.0 Å². The summed E-state index contributed by atoms with van der Waals surface area (Å²) in [6, 6.07) is 7.67. The summed E-state index contributed by atoms with van der Waals surface area (Å²) in [5.41, 5.74) is 0.805. The number of hydrogen-bond donors (Lipinski definition) is 0. The molecule has 10 heteroatoms. The monoisotopic (exact) mass is 426 g/mol. The average Bonchev–Trinajstić information content (AvgIpc) is 3.11. The van der Waals surface area contributed by atoms with E-state index in [0.717, 1.165) is 5.56 Å². The zero-order valence-electron chi connectivity index (χ0n) is 17.3. The van der Waals surface area contributed by atoms with Gasteiger partial charge in [0.15, 0.2) is 0 Å². The van der Waals surface area contributed by atoms with Gasteiger partial charge in [-0.3, -0.25) is 9.59 Å². The molecule has 3 aromatic rings. The third-order valence-corrected chi connectivity index (χ3v) is 5.09. The molecule has 9 nitrogen and oxygen atoms in total. The number of hydrogen-bond acceptors (Lipinski definition) is 6. The molecule has 2 amide bonds. The number of carbonyl (C=O) groups is 2. The highest BCUT2D eigenvalue weighted by atomic mass is 19.1. The second-order valence-corrected chi connectivity index (χ2v) is 7.68. The highest BCUT2D eigenvalue weighted by Gasteiger charge is 2.33. The van der Waals surface area contributed by atoms with Gasteiger partial charge in [-0.15, -0.1) is 5.10 Å². The molecule has 0 aliphatic carbocycles. The smallest absolute Gasteiger partial charge is 0.294 e. The number of carbonyl (C=O) groups excluding carboxylic acids is 2. The van der Waals surface area contributed by atoms with E-state index in [1.165, 1.54) is 21.5 Å². The van der Waals surface area contributed by atoms with Crippen LogP contribution in [0.4, 0.5) is 4.39 Å². The van der Waals surface area contributed by atoms with Crippen molar-refractivity contribution in [2.24, 2.45) is 0 Å². The van der Waals surface area contributed by atoms with Crippen LogP contribution in [0.25, 0.3) is 5.78 Å².